The summed E-state index contributed by atoms with van der Waals surface area (Å²) in [5.41, 5.74) is 1.43. The van der Waals surface area contributed by atoms with E-state index in [1.807, 2.05) is 6.07 Å². The fourth-order valence-electron chi connectivity index (χ4n) is 2.14. The average molecular weight is 353 g/mol. The standard InChI is InChI=1S/C18H15N3O3S/c22-15-9-5-4-8-14(15)20-16(23)10-13-11-25-18(19-13)21-17(24)12-6-2-1-3-7-12/h1-9,11,22H,10H2,(H,20,23)(H,19,21,24). The van der Waals surface area contributed by atoms with Crippen molar-refractivity contribution in [1.29, 1.82) is 0 Å². The molecule has 1 heterocycles. The summed E-state index contributed by atoms with van der Waals surface area (Å²) in [6.45, 7) is 0. The molecule has 0 atom stereocenters. The van der Waals surface area contributed by atoms with Crippen molar-refractivity contribution in [3.63, 3.8) is 0 Å². The number of nitrogens with zero attached hydrogens (tertiary/aromatic N) is 1. The lowest BCUT2D eigenvalue weighted by Gasteiger charge is -2.05. The van der Waals surface area contributed by atoms with Gasteiger partial charge in [-0.05, 0) is 24.3 Å². The molecule has 2 aromatic carbocycles. The summed E-state index contributed by atoms with van der Waals surface area (Å²) in [4.78, 5) is 28.4. The number of aromatic hydroxyl groups is 1. The first kappa shape index (κ1) is 16.7. The van der Waals surface area contributed by atoms with Crippen molar-refractivity contribution >= 4 is 34.0 Å². The molecular weight excluding hydrogens is 338 g/mol. The largest absolute Gasteiger partial charge is 0.506 e. The van der Waals surface area contributed by atoms with Gasteiger partial charge < -0.3 is 10.4 Å². The molecule has 3 aromatic rings. The fraction of sp³-hybridized carbons (Fsp3) is 0.0556. The van der Waals surface area contributed by atoms with Crippen molar-refractivity contribution in [3.05, 3.63) is 71.2 Å². The van der Waals surface area contributed by atoms with Gasteiger partial charge in [0.2, 0.25) is 5.91 Å². The van der Waals surface area contributed by atoms with E-state index in [9.17, 15) is 14.7 Å². The smallest absolute Gasteiger partial charge is 0.257 e. The fourth-order valence-corrected chi connectivity index (χ4v) is 2.85. The van der Waals surface area contributed by atoms with E-state index < -0.39 is 0 Å². The zero-order valence-corrected chi connectivity index (χ0v) is 13.9. The summed E-state index contributed by atoms with van der Waals surface area (Å²) in [5, 5.41) is 17.1. The van der Waals surface area contributed by atoms with Gasteiger partial charge in [0.05, 0.1) is 17.8 Å². The number of benzene rings is 2. The topological polar surface area (TPSA) is 91.3 Å². The molecule has 25 heavy (non-hydrogen) atoms. The summed E-state index contributed by atoms with van der Waals surface area (Å²) < 4.78 is 0. The third kappa shape index (κ3) is 4.42. The Balaban J connectivity index is 1.59. The van der Waals surface area contributed by atoms with Crippen molar-refractivity contribution in [3.8, 4) is 5.75 Å². The second-order valence-electron chi connectivity index (χ2n) is 5.21. The summed E-state index contributed by atoms with van der Waals surface area (Å²) in [5.74, 6) is -0.544. The van der Waals surface area contributed by atoms with Crippen LogP contribution in [0.1, 0.15) is 16.1 Å². The van der Waals surface area contributed by atoms with Crippen LogP contribution in [0.4, 0.5) is 10.8 Å². The predicted octanol–water partition coefficient (Wildman–Crippen LogP) is 3.28. The highest BCUT2D eigenvalue weighted by Gasteiger charge is 2.12. The SMILES string of the molecule is O=C(Cc1csc(NC(=O)c2ccccc2)n1)Nc1ccccc1O. The van der Waals surface area contributed by atoms with E-state index in [0.717, 1.165) is 0 Å². The highest BCUT2D eigenvalue weighted by Crippen LogP contribution is 2.22. The Morgan fingerprint density at radius 3 is 2.48 bits per heavy atom. The van der Waals surface area contributed by atoms with Crippen LogP contribution in [0.25, 0.3) is 0 Å². The van der Waals surface area contributed by atoms with Crippen LogP contribution in [-0.2, 0) is 11.2 Å². The summed E-state index contributed by atoms with van der Waals surface area (Å²) in [6.07, 6.45) is 0.0477. The van der Waals surface area contributed by atoms with Gasteiger partial charge in [-0.2, -0.15) is 0 Å². The first-order chi connectivity index (χ1) is 12.1. The number of para-hydroxylation sites is 2. The van der Waals surface area contributed by atoms with Gasteiger partial charge in [-0.15, -0.1) is 11.3 Å². The molecule has 0 unspecified atom stereocenters. The number of phenols is 1. The lowest BCUT2D eigenvalue weighted by Crippen LogP contribution is -2.15. The molecule has 0 bridgehead atoms. The van der Waals surface area contributed by atoms with E-state index in [4.69, 9.17) is 0 Å². The number of thiazole rings is 1. The second-order valence-corrected chi connectivity index (χ2v) is 6.06. The van der Waals surface area contributed by atoms with Gasteiger partial charge >= 0.3 is 0 Å². The maximum atomic E-state index is 12.1. The van der Waals surface area contributed by atoms with Gasteiger partial charge in [-0.3, -0.25) is 14.9 Å². The Labute approximate surface area is 148 Å². The average Bonchev–Trinajstić information content (AvgIpc) is 3.04. The zero-order chi connectivity index (χ0) is 17.6. The van der Waals surface area contributed by atoms with Crippen LogP contribution in [0.3, 0.4) is 0 Å². The van der Waals surface area contributed by atoms with Gasteiger partial charge in [0.15, 0.2) is 5.13 Å². The van der Waals surface area contributed by atoms with Gasteiger partial charge in [-0.1, -0.05) is 30.3 Å². The maximum Gasteiger partial charge on any atom is 0.257 e. The van der Waals surface area contributed by atoms with Crippen LogP contribution in [0, 0.1) is 0 Å². The molecule has 6 nitrogen and oxygen atoms in total. The Hall–Kier alpha value is -3.19. The highest BCUT2D eigenvalue weighted by molar-refractivity contribution is 7.14. The lowest BCUT2D eigenvalue weighted by atomic mass is 10.2. The number of carbonyl (C=O) groups is 2. The Kier molecular flexibility index (Phi) is 5.06. The minimum Gasteiger partial charge on any atom is -0.506 e. The number of amides is 2. The lowest BCUT2D eigenvalue weighted by molar-refractivity contribution is -0.115. The molecule has 0 saturated carbocycles. The molecule has 3 rings (SSSR count). The third-order valence-corrected chi connectivity index (χ3v) is 4.13. The Bertz CT molecular complexity index is 893. The predicted molar refractivity (Wildman–Crippen MR) is 96.9 cm³/mol. The summed E-state index contributed by atoms with van der Waals surface area (Å²) in [7, 11) is 0. The molecule has 0 fully saturated rings. The maximum absolute atomic E-state index is 12.1. The molecule has 0 radical (unpaired) electrons. The van der Waals surface area contributed by atoms with Crippen molar-refractivity contribution in [1.82, 2.24) is 4.98 Å². The van der Waals surface area contributed by atoms with Gasteiger partial charge in [-0.25, -0.2) is 4.98 Å². The zero-order valence-electron chi connectivity index (χ0n) is 13.1. The number of aromatic nitrogens is 1. The molecule has 1 aromatic heterocycles. The highest BCUT2D eigenvalue weighted by atomic mass is 32.1. The van der Waals surface area contributed by atoms with E-state index in [1.54, 1.807) is 47.8 Å². The van der Waals surface area contributed by atoms with Crippen LogP contribution in [0.15, 0.2) is 60.0 Å². The van der Waals surface area contributed by atoms with E-state index in [-0.39, 0.29) is 24.0 Å². The molecule has 0 aliphatic rings. The van der Waals surface area contributed by atoms with Gasteiger partial charge in [0.25, 0.3) is 5.91 Å². The Morgan fingerprint density at radius 2 is 1.72 bits per heavy atom. The number of phenolic OH excluding ortho intramolecular Hbond substituents is 1. The second kappa shape index (κ2) is 7.59. The molecule has 126 valence electrons. The molecule has 3 N–H and O–H groups in total. The van der Waals surface area contributed by atoms with E-state index in [0.29, 0.717) is 22.1 Å². The van der Waals surface area contributed by atoms with Crippen molar-refractivity contribution < 1.29 is 14.7 Å². The number of nitrogens with one attached hydrogen (secondary N) is 2. The van der Waals surface area contributed by atoms with Crippen LogP contribution in [0.5, 0.6) is 5.75 Å². The van der Waals surface area contributed by atoms with Crippen LogP contribution >= 0.6 is 11.3 Å². The van der Waals surface area contributed by atoms with Crippen molar-refractivity contribution in [2.75, 3.05) is 10.6 Å². The van der Waals surface area contributed by atoms with E-state index in [1.165, 1.54) is 17.4 Å². The van der Waals surface area contributed by atoms with Crippen LogP contribution in [0.2, 0.25) is 0 Å². The van der Waals surface area contributed by atoms with Gasteiger partial charge in [0, 0.05) is 10.9 Å². The number of hydrogen-bond acceptors (Lipinski definition) is 5. The molecule has 0 aliphatic carbocycles. The monoisotopic (exact) mass is 353 g/mol. The summed E-state index contributed by atoms with van der Waals surface area (Å²) in [6, 6.07) is 15.3. The minimum absolute atomic E-state index is 0.00458. The van der Waals surface area contributed by atoms with E-state index in [2.05, 4.69) is 15.6 Å². The molecule has 7 heteroatoms. The van der Waals surface area contributed by atoms with Gasteiger partial charge in [0.1, 0.15) is 5.75 Å². The summed E-state index contributed by atoms with van der Waals surface area (Å²) >= 11 is 1.25. The first-order valence-corrected chi connectivity index (χ1v) is 8.38. The van der Waals surface area contributed by atoms with E-state index >= 15 is 0 Å². The molecular formula is C18H15N3O3S. The van der Waals surface area contributed by atoms with Crippen LogP contribution in [-0.4, -0.2) is 21.9 Å². The Morgan fingerprint density at radius 1 is 1.00 bits per heavy atom. The van der Waals surface area contributed by atoms with Crippen molar-refractivity contribution in [2.24, 2.45) is 0 Å². The number of rotatable bonds is 5. The minimum atomic E-state index is -0.298. The quantitative estimate of drug-likeness (QED) is 0.614. The third-order valence-electron chi connectivity index (χ3n) is 3.33. The normalized spacial score (nSPS) is 10.2. The molecule has 2 amide bonds. The van der Waals surface area contributed by atoms with Crippen LogP contribution < -0.4 is 10.6 Å². The number of hydrogen-bond donors (Lipinski definition) is 3. The molecule has 0 aliphatic heterocycles. The molecule has 0 saturated heterocycles. The first-order valence-electron chi connectivity index (χ1n) is 7.50. The number of carbonyl (C=O) groups excluding carboxylic acids is 2. The van der Waals surface area contributed by atoms with Crippen molar-refractivity contribution in [2.45, 2.75) is 6.42 Å². The molecule has 0 spiro atoms. The number of anilines is 2.